The van der Waals surface area contributed by atoms with Crippen LogP contribution in [0, 0.1) is 10.1 Å². The molecule has 0 fully saturated rings. The van der Waals surface area contributed by atoms with Crippen LogP contribution in [0.1, 0.15) is 33.1 Å². The Balaban J connectivity index is 3.60. The van der Waals surface area contributed by atoms with Gasteiger partial charge in [0, 0.05) is 6.92 Å². The molecule has 68 valence electrons. The van der Waals surface area contributed by atoms with Crippen molar-refractivity contribution in [3.8, 4) is 0 Å². The smallest absolute Gasteiger partial charge is 0.239 e. The van der Waals surface area contributed by atoms with Crippen LogP contribution in [0.25, 0.3) is 0 Å². The SMILES string of the molecule is CC/C=C\CC/C=C(\C)[N+](=O)[O-]. The van der Waals surface area contributed by atoms with Gasteiger partial charge in [0.15, 0.2) is 0 Å². The molecule has 0 bridgehead atoms. The summed E-state index contributed by atoms with van der Waals surface area (Å²) in [6.45, 7) is 3.58. The highest BCUT2D eigenvalue weighted by Crippen LogP contribution is 1.99. The molecule has 3 nitrogen and oxygen atoms in total. The molecule has 0 heterocycles. The molecule has 0 aromatic heterocycles. The molecule has 0 aliphatic heterocycles. The van der Waals surface area contributed by atoms with Crippen LogP contribution >= 0.6 is 0 Å². The fourth-order valence-electron chi connectivity index (χ4n) is 0.747. The quantitative estimate of drug-likeness (QED) is 0.275. The van der Waals surface area contributed by atoms with E-state index in [4.69, 9.17) is 0 Å². The summed E-state index contributed by atoms with van der Waals surface area (Å²) in [5, 5.41) is 10.1. The zero-order valence-electron chi connectivity index (χ0n) is 7.62. The molecule has 0 spiro atoms. The standard InChI is InChI=1S/C9H15NO2/c1-3-4-5-6-7-8-9(2)10(11)12/h4-5,8H,3,6-7H2,1-2H3/b5-4-,9-8+. The molecule has 0 aliphatic carbocycles. The molecule has 3 heteroatoms. The second-order valence-corrected chi connectivity index (χ2v) is 2.56. The van der Waals surface area contributed by atoms with Crippen molar-refractivity contribution in [2.75, 3.05) is 0 Å². The minimum Gasteiger partial charge on any atom is -0.259 e. The minimum absolute atomic E-state index is 0.236. The predicted molar refractivity (Wildman–Crippen MR) is 49.4 cm³/mol. The zero-order valence-corrected chi connectivity index (χ0v) is 7.62. The summed E-state index contributed by atoms with van der Waals surface area (Å²) in [6.07, 6.45) is 8.43. The van der Waals surface area contributed by atoms with Gasteiger partial charge in [0.25, 0.3) is 0 Å². The summed E-state index contributed by atoms with van der Waals surface area (Å²) < 4.78 is 0. The highest BCUT2D eigenvalue weighted by molar-refractivity contribution is 4.90. The van der Waals surface area contributed by atoms with E-state index in [2.05, 4.69) is 13.0 Å². The third-order valence-electron chi connectivity index (χ3n) is 1.46. The molecule has 0 aromatic rings. The fraction of sp³-hybridized carbons (Fsp3) is 0.556. The van der Waals surface area contributed by atoms with Crippen LogP contribution < -0.4 is 0 Å². The van der Waals surface area contributed by atoms with Crippen molar-refractivity contribution < 1.29 is 4.92 Å². The van der Waals surface area contributed by atoms with Crippen LogP contribution in [-0.2, 0) is 0 Å². The molecule has 0 unspecified atom stereocenters. The number of unbranched alkanes of at least 4 members (excludes halogenated alkanes) is 1. The van der Waals surface area contributed by atoms with Gasteiger partial charge in [-0.15, -0.1) is 0 Å². The van der Waals surface area contributed by atoms with E-state index in [9.17, 15) is 10.1 Å². The summed E-state index contributed by atoms with van der Waals surface area (Å²) in [5.41, 5.74) is 0.236. The normalized spacial score (nSPS) is 12.3. The van der Waals surface area contributed by atoms with Gasteiger partial charge in [0.05, 0.1) is 4.92 Å². The van der Waals surface area contributed by atoms with Crippen molar-refractivity contribution in [1.29, 1.82) is 0 Å². The molecule has 0 atom stereocenters. The lowest BCUT2D eigenvalue weighted by atomic mass is 10.2. The molecule has 0 radical (unpaired) electrons. The number of nitro groups is 1. The lowest BCUT2D eigenvalue weighted by Crippen LogP contribution is -1.92. The number of rotatable bonds is 5. The topological polar surface area (TPSA) is 43.1 Å². The van der Waals surface area contributed by atoms with Gasteiger partial charge in [-0.2, -0.15) is 0 Å². The Bertz CT molecular complexity index is 195. The molecule has 0 rings (SSSR count). The van der Waals surface area contributed by atoms with Crippen LogP contribution in [0.5, 0.6) is 0 Å². The molecule has 0 amide bonds. The van der Waals surface area contributed by atoms with E-state index in [0.29, 0.717) is 0 Å². The third-order valence-corrected chi connectivity index (χ3v) is 1.46. The maximum absolute atomic E-state index is 10.1. The molecule has 0 N–H and O–H groups in total. The predicted octanol–water partition coefficient (Wildman–Crippen LogP) is 2.91. The molecular weight excluding hydrogens is 154 g/mol. The van der Waals surface area contributed by atoms with Crippen LogP contribution in [0.4, 0.5) is 0 Å². The maximum atomic E-state index is 10.1. The van der Waals surface area contributed by atoms with Gasteiger partial charge in [0.2, 0.25) is 5.70 Å². The van der Waals surface area contributed by atoms with Crippen LogP contribution in [0.15, 0.2) is 23.9 Å². The lowest BCUT2D eigenvalue weighted by molar-refractivity contribution is -0.424. The third kappa shape index (κ3) is 5.65. The molecule has 12 heavy (non-hydrogen) atoms. The van der Waals surface area contributed by atoms with Gasteiger partial charge in [-0.05, 0) is 25.3 Å². The first kappa shape index (κ1) is 10.9. The summed E-state index contributed by atoms with van der Waals surface area (Å²) in [6, 6.07) is 0. The van der Waals surface area contributed by atoms with Gasteiger partial charge in [-0.3, -0.25) is 10.1 Å². The highest BCUT2D eigenvalue weighted by Gasteiger charge is 1.98. The fourth-order valence-corrected chi connectivity index (χ4v) is 0.747. The van der Waals surface area contributed by atoms with E-state index in [1.54, 1.807) is 6.08 Å². The van der Waals surface area contributed by atoms with Crippen LogP contribution in [0.2, 0.25) is 0 Å². The van der Waals surface area contributed by atoms with Crippen molar-refractivity contribution in [3.63, 3.8) is 0 Å². The molecule has 0 aromatic carbocycles. The Labute approximate surface area is 72.9 Å². The number of allylic oxidation sites excluding steroid dienone is 4. The first-order valence-electron chi connectivity index (χ1n) is 4.14. The van der Waals surface area contributed by atoms with E-state index in [-0.39, 0.29) is 10.6 Å². The molecule has 0 saturated carbocycles. The Morgan fingerprint density at radius 1 is 1.42 bits per heavy atom. The van der Waals surface area contributed by atoms with Gasteiger partial charge in [-0.1, -0.05) is 19.1 Å². The van der Waals surface area contributed by atoms with E-state index in [0.717, 1.165) is 19.3 Å². The Kier molecular flexibility index (Phi) is 5.97. The average molecular weight is 169 g/mol. The van der Waals surface area contributed by atoms with Gasteiger partial charge >= 0.3 is 0 Å². The molecular formula is C9H15NO2. The Morgan fingerprint density at radius 3 is 2.58 bits per heavy atom. The van der Waals surface area contributed by atoms with Crippen molar-refractivity contribution in [3.05, 3.63) is 34.0 Å². The van der Waals surface area contributed by atoms with E-state index >= 15 is 0 Å². The minimum atomic E-state index is -0.358. The summed E-state index contributed by atoms with van der Waals surface area (Å²) in [5.74, 6) is 0. The van der Waals surface area contributed by atoms with Crippen LogP contribution in [-0.4, -0.2) is 4.92 Å². The highest BCUT2D eigenvalue weighted by atomic mass is 16.6. The summed E-state index contributed by atoms with van der Waals surface area (Å²) in [7, 11) is 0. The monoisotopic (exact) mass is 169 g/mol. The summed E-state index contributed by atoms with van der Waals surface area (Å²) >= 11 is 0. The van der Waals surface area contributed by atoms with Gasteiger partial charge in [0.1, 0.15) is 0 Å². The van der Waals surface area contributed by atoms with Crippen molar-refractivity contribution >= 4 is 0 Å². The van der Waals surface area contributed by atoms with Crippen molar-refractivity contribution in [1.82, 2.24) is 0 Å². The van der Waals surface area contributed by atoms with Crippen LogP contribution in [0.3, 0.4) is 0 Å². The Morgan fingerprint density at radius 2 is 2.08 bits per heavy atom. The molecule has 0 aliphatic rings. The number of nitrogens with zero attached hydrogens (tertiary/aromatic N) is 1. The first-order valence-corrected chi connectivity index (χ1v) is 4.14. The van der Waals surface area contributed by atoms with E-state index in [1.807, 2.05) is 6.08 Å². The number of hydrogen-bond donors (Lipinski definition) is 0. The van der Waals surface area contributed by atoms with E-state index in [1.165, 1.54) is 6.92 Å². The largest absolute Gasteiger partial charge is 0.259 e. The van der Waals surface area contributed by atoms with Crippen molar-refractivity contribution in [2.45, 2.75) is 33.1 Å². The lowest BCUT2D eigenvalue weighted by Gasteiger charge is -1.88. The second kappa shape index (κ2) is 6.58. The summed E-state index contributed by atoms with van der Waals surface area (Å²) in [4.78, 5) is 9.78. The van der Waals surface area contributed by atoms with Gasteiger partial charge in [-0.25, -0.2) is 0 Å². The average Bonchev–Trinajstić information content (AvgIpc) is 2.03. The second-order valence-electron chi connectivity index (χ2n) is 2.56. The van der Waals surface area contributed by atoms with Crippen molar-refractivity contribution in [2.24, 2.45) is 0 Å². The maximum Gasteiger partial charge on any atom is 0.239 e. The first-order chi connectivity index (χ1) is 5.68. The number of hydrogen-bond acceptors (Lipinski definition) is 2. The Hall–Kier alpha value is -1.12. The zero-order chi connectivity index (χ0) is 9.40. The van der Waals surface area contributed by atoms with E-state index < -0.39 is 0 Å². The van der Waals surface area contributed by atoms with Gasteiger partial charge < -0.3 is 0 Å². The molecule has 0 saturated heterocycles.